The molecule has 0 atom stereocenters. The molecule has 6 heteroatoms. The van der Waals surface area contributed by atoms with Crippen LogP contribution in [0, 0.1) is 0 Å². The Balaban J connectivity index is 1.30. The van der Waals surface area contributed by atoms with Gasteiger partial charge in [0.05, 0.1) is 6.61 Å². The number of aromatic nitrogens is 2. The highest BCUT2D eigenvalue weighted by molar-refractivity contribution is 5.96. The molecule has 0 radical (unpaired) electrons. The Bertz CT molecular complexity index is 1130. The van der Waals surface area contributed by atoms with Gasteiger partial charge in [-0.05, 0) is 42.8 Å². The fourth-order valence-corrected chi connectivity index (χ4v) is 2.99. The van der Waals surface area contributed by atoms with Crippen LogP contribution >= 0.6 is 0 Å². The van der Waals surface area contributed by atoms with Gasteiger partial charge in [-0.2, -0.15) is 0 Å². The third-order valence-corrected chi connectivity index (χ3v) is 4.43. The third kappa shape index (κ3) is 4.72. The first-order valence-corrected chi connectivity index (χ1v) is 9.74. The van der Waals surface area contributed by atoms with E-state index in [1.54, 1.807) is 24.5 Å². The molecule has 0 fully saturated rings. The van der Waals surface area contributed by atoms with Crippen LogP contribution < -0.4 is 14.8 Å². The van der Waals surface area contributed by atoms with Crippen molar-refractivity contribution >= 4 is 16.8 Å². The van der Waals surface area contributed by atoms with Gasteiger partial charge in [0.15, 0.2) is 0 Å². The van der Waals surface area contributed by atoms with Crippen molar-refractivity contribution in [3.63, 3.8) is 0 Å². The number of nitrogens with one attached hydrogen (secondary N) is 1. The average molecular weight is 399 g/mol. The second-order valence-electron chi connectivity index (χ2n) is 6.56. The zero-order valence-corrected chi connectivity index (χ0v) is 16.3. The molecule has 150 valence electrons. The van der Waals surface area contributed by atoms with Crippen LogP contribution in [0.5, 0.6) is 17.4 Å². The van der Waals surface area contributed by atoms with Crippen molar-refractivity contribution in [1.82, 2.24) is 15.3 Å². The van der Waals surface area contributed by atoms with Gasteiger partial charge in [-0.25, -0.2) is 4.98 Å². The summed E-state index contributed by atoms with van der Waals surface area (Å²) in [6, 6.07) is 22.4. The highest BCUT2D eigenvalue weighted by atomic mass is 16.5. The van der Waals surface area contributed by atoms with Gasteiger partial charge in [-0.1, -0.05) is 36.4 Å². The lowest BCUT2D eigenvalue weighted by Crippen LogP contribution is -2.26. The SMILES string of the molecule is O=C(NCCCOc1cccc2cccnc12)c1cccnc1Oc1ccccc1. The molecule has 1 N–H and O–H groups in total. The van der Waals surface area contributed by atoms with Crippen LogP contribution in [0.25, 0.3) is 10.9 Å². The largest absolute Gasteiger partial charge is 0.491 e. The first kappa shape index (κ1) is 19.4. The van der Waals surface area contributed by atoms with E-state index in [1.165, 1.54) is 0 Å². The number of hydrogen-bond acceptors (Lipinski definition) is 5. The van der Waals surface area contributed by atoms with Crippen molar-refractivity contribution in [3.05, 3.63) is 90.8 Å². The van der Waals surface area contributed by atoms with Crippen LogP contribution in [0.1, 0.15) is 16.8 Å². The van der Waals surface area contributed by atoms with Crippen LogP contribution in [0.3, 0.4) is 0 Å². The van der Waals surface area contributed by atoms with E-state index in [0.29, 0.717) is 30.9 Å². The van der Waals surface area contributed by atoms with Crippen LogP contribution in [0.2, 0.25) is 0 Å². The summed E-state index contributed by atoms with van der Waals surface area (Å²) in [7, 11) is 0. The van der Waals surface area contributed by atoms with E-state index in [9.17, 15) is 4.79 Å². The predicted octanol–water partition coefficient (Wildman–Crippen LogP) is 4.62. The number of carbonyl (C=O) groups is 1. The maximum atomic E-state index is 12.6. The van der Waals surface area contributed by atoms with Crippen LogP contribution in [0.15, 0.2) is 85.2 Å². The van der Waals surface area contributed by atoms with Crippen LogP contribution in [0.4, 0.5) is 0 Å². The molecule has 6 nitrogen and oxygen atoms in total. The quantitative estimate of drug-likeness (QED) is 0.438. The molecule has 0 aliphatic carbocycles. The number of pyridine rings is 2. The fraction of sp³-hybridized carbons (Fsp3) is 0.125. The van der Waals surface area contributed by atoms with Gasteiger partial charge in [-0.15, -0.1) is 0 Å². The number of para-hydroxylation sites is 2. The lowest BCUT2D eigenvalue weighted by molar-refractivity contribution is 0.0948. The molecular weight excluding hydrogens is 378 g/mol. The van der Waals surface area contributed by atoms with Gasteiger partial charge in [-0.3, -0.25) is 9.78 Å². The Labute approximate surface area is 174 Å². The summed E-state index contributed by atoms with van der Waals surface area (Å²) in [5, 5.41) is 3.93. The first-order chi connectivity index (χ1) is 14.8. The molecule has 0 aliphatic heterocycles. The van der Waals surface area contributed by atoms with E-state index < -0.39 is 0 Å². The van der Waals surface area contributed by atoms with E-state index in [1.807, 2.05) is 60.7 Å². The Morgan fingerprint density at radius 1 is 0.867 bits per heavy atom. The average Bonchev–Trinajstić information content (AvgIpc) is 2.80. The number of fused-ring (bicyclic) bond motifs is 1. The normalized spacial score (nSPS) is 10.5. The highest BCUT2D eigenvalue weighted by Gasteiger charge is 2.14. The molecule has 0 spiro atoms. The zero-order valence-electron chi connectivity index (χ0n) is 16.3. The van der Waals surface area contributed by atoms with Crippen LogP contribution in [-0.2, 0) is 0 Å². The summed E-state index contributed by atoms with van der Waals surface area (Å²) < 4.78 is 11.6. The molecule has 0 bridgehead atoms. The van der Waals surface area contributed by atoms with E-state index in [-0.39, 0.29) is 11.8 Å². The Hall–Kier alpha value is -3.93. The second kappa shape index (κ2) is 9.52. The number of nitrogens with zero attached hydrogens (tertiary/aromatic N) is 2. The minimum Gasteiger partial charge on any atom is -0.491 e. The number of benzene rings is 2. The zero-order chi connectivity index (χ0) is 20.6. The molecule has 0 saturated carbocycles. The number of ether oxygens (including phenoxy) is 2. The maximum absolute atomic E-state index is 12.6. The number of hydrogen-bond donors (Lipinski definition) is 1. The smallest absolute Gasteiger partial charge is 0.256 e. The van der Waals surface area contributed by atoms with E-state index in [2.05, 4.69) is 15.3 Å². The summed E-state index contributed by atoms with van der Waals surface area (Å²) in [4.78, 5) is 21.2. The molecule has 30 heavy (non-hydrogen) atoms. The third-order valence-electron chi connectivity index (χ3n) is 4.43. The molecule has 2 heterocycles. The topological polar surface area (TPSA) is 73.3 Å². The van der Waals surface area contributed by atoms with E-state index in [4.69, 9.17) is 9.47 Å². The number of rotatable bonds is 8. The van der Waals surface area contributed by atoms with E-state index >= 15 is 0 Å². The number of amides is 1. The number of carbonyl (C=O) groups excluding carboxylic acids is 1. The molecule has 1 amide bonds. The molecule has 2 aromatic heterocycles. The lowest BCUT2D eigenvalue weighted by atomic mass is 10.2. The van der Waals surface area contributed by atoms with Gasteiger partial charge in [0, 0.05) is 24.3 Å². The molecule has 4 aromatic rings. The molecule has 0 unspecified atom stereocenters. The van der Waals surface area contributed by atoms with Crippen molar-refractivity contribution in [3.8, 4) is 17.4 Å². The summed E-state index contributed by atoms with van der Waals surface area (Å²) >= 11 is 0. The van der Waals surface area contributed by atoms with Gasteiger partial charge in [0.25, 0.3) is 5.91 Å². The van der Waals surface area contributed by atoms with Gasteiger partial charge >= 0.3 is 0 Å². The monoisotopic (exact) mass is 399 g/mol. The molecule has 4 rings (SSSR count). The van der Waals surface area contributed by atoms with E-state index in [0.717, 1.165) is 16.7 Å². The van der Waals surface area contributed by atoms with Crippen molar-refractivity contribution in [2.45, 2.75) is 6.42 Å². The van der Waals surface area contributed by atoms with Crippen molar-refractivity contribution in [1.29, 1.82) is 0 Å². The van der Waals surface area contributed by atoms with Crippen LogP contribution in [-0.4, -0.2) is 29.0 Å². The summed E-state index contributed by atoms with van der Waals surface area (Å²) in [6.45, 7) is 0.938. The Morgan fingerprint density at radius 3 is 2.57 bits per heavy atom. The second-order valence-corrected chi connectivity index (χ2v) is 6.56. The maximum Gasteiger partial charge on any atom is 0.256 e. The molecular formula is C24H21N3O3. The Kier molecular flexibility index (Phi) is 6.15. The lowest BCUT2D eigenvalue weighted by Gasteiger charge is -2.11. The predicted molar refractivity (Wildman–Crippen MR) is 115 cm³/mol. The van der Waals surface area contributed by atoms with Gasteiger partial charge in [0.1, 0.15) is 22.6 Å². The summed E-state index contributed by atoms with van der Waals surface area (Å²) in [5.41, 5.74) is 1.22. The molecule has 2 aromatic carbocycles. The van der Waals surface area contributed by atoms with Crippen molar-refractivity contribution in [2.24, 2.45) is 0 Å². The minimum absolute atomic E-state index is 0.235. The standard InChI is InChI=1S/C24H21N3O3/c28-23(20-12-6-15-27-24(20)30-19-10-2-1-3-11-19)26-16-7-17-29-21-13-4-8-18-9-5-14-25-22(18)21/h1-6,8-15H,7,16-17H2,(H,26,28). The van der Waals surface area contributed by atoms with Gasteiger partial charge in [0.2, 0.25) is 5.88 Å². The molecule has 0 aliphatic rings. The summed E-state index contributed by atoms with van der Waals surface area (Å²) in [6.07, 6.45) is 4.00. The minimum atomic E-state index is -0.235. The first-order valence-electron chi connectivity index (χ1n) is 9.74. The fourth-order valence-electron chi connectivity index (χ4n) is 2.99. The highest BCUT2D eigenvalue weighted by Crippen LogP contribution is 2.23. The van der Waals surface area contributed by atoms with Crippen molar-refractivity contribution in [2.75, 3.05) is 13.2 Å². The Morgan fingerprint density at radius 2 is 1.67 bits per heavy atom. The van der Waals surface area contributed by atoms with Gasteiger partial charge < -0.3 is 14.8 Å². The summed E-state index contributed by atoms with van der Waals surface area (Å²) in [5.74, 6) is 1.41. The van der Waals surface area contributed by atoms with Crippen molar-refractivity contribution < 1.29 is 14.3 Å². The molecule has 0 saturated heterocycles.